The molecule has 0 atom stereocenters. The van der Waals surface area contributed by atoms with Crippen LogP contribution in [0.4, 0.5) is 0 Å². The molecule has 0 radical (unpaired) electrons. The Morgan fingerprint density at radius 2 is 1.57 bits per heavy atom. The molecule has 0 amide bonds. The summed E-state index contributed by atoms with van der Waals surface area (Å²) in [7, 11) is 0. The molecule has 43 valence electrons. The maximum absolute atomic E-state index is 8.19. The van der Waals surface area contributed by atoms with E-state index in [1.54, 1.807) is 0 Å². The third-order valence-corrected chi connectivity index (χ3v) is 0. The standard InChI is InChI=1S/C2H4Cl2O.O.V/c1-2(3,4)5;;/h5H,1H3;;. The van der Waals surface area contributed by atoms with Gasteiger partial charge in [0.25, 0.3) is 0 Å². The number of alkyl halides is 2. The minimum absolute atomic E-state index is 1.06. The van der Waals surface area contributed by atoms with Gasteiger partial charge >= 0.3 is 21.0 Å². The van der Waals surface area contributed by atoms with Gasteiger partial charge in [-0.1, -0.05) is 23.2 Å². The van der Waals surface area contributed by atoms with Crippen molar-refractivity contribution in [2.45, 2.75) is 11.4 Å². The zero-order valence-corrected chi connectivity index (χ0v) is 6.47. The summed E-state index contributed by atoms with van der Waals surface area (Å²) in [6.45, 7) is 1.27. The summed E-state index contributed by atoms with van der Waals surface area (Å²) in [6.07, 6.45) is 0. The first kappa shape index (κ1) is 10.8. The quantitative estimate of drug-likeness (QED) is 0.567. The van der Waals surface area contributed by atoms with Gasteiger partial charge in [-0.05, 0) is 6.92 Å². The molecule has 5 heteroatoms. The summed E-state index contributed by atoms with van der Waals surface area (Å²) in [5.74, 6) is 0. The third kappa shape index (κ3) is 196. The fourth-order valence-corrected chi connectivity index (χ4v) is 0. The molecule has 0 aliphatic rings. The van der Waals surface area contributed by atoms with Crippen molar-refractivity contribution in [2.75, 3.05) is 0 Å². The normalized spacial score (nSPS) is 9.00. The molecule has 0 aromatic carbocycles. The van der Waals surface area contributed by atoms with Crippen LogP contribution >= 0.6 is 23.2 Å². The van der Waals surface area contributed by atoms with Gasteiger partial charge in [-0.3, -0.25) is 0 Å². The Balaban J connectivity index is 0. The van der Waals surface area contributed by atoms with Crippen LogP contribution in [0.5, 0.6) is 0 Å². The molecular formula is C2H4Cl2O2V. The van der Waals surface area contributed by atoms with Crippen molar-refractivity contribution in [3.05, 3.63) is 0 Å². The molecule has 0 aliphatic heterocycles. The maximum atomic E-state index is 8.19. The molecule has 2 nitrogen and oxygen atoms in total. The van der Waals surface area contributed by atoms with Crippen LogP contribution in [0.25, 0.3) is 0 Å². The molecule has 0 rings (SSSR count). The van der Waals surface area contributed by atoms with E-state index in [2.05, 4.69) is 0 Å². The summed E-state index contributed by atoms with van der Waals surface area (Å²) < 4.78 is 6.63. The Hall–Kier alpha value is 0.924. The van der Waals surface area contributed by atoms with Crippen molar-refractivity contribution < 1.29 is 26.1 Å². The van der Waals surface area contributed by atoms with E-state index in [9.17, 15) is 0 Å². The van der Waals surface area contributed by atoms with Gasteiger partial charge in [0, 0.05) is 0 Å². The summed E-state index contributed by atoms with van der Waals surface area (Å²) in [4.78, 5) is 0. The van der Waals surface area contributed by atoms with E-state index in [1.165, 1.54) is 6.92 Å². The third-order valence-electron chi connectivity index (χ3n) is 0. The Labute approximate surface area is 61.0 Å². The zero-order valence-electron chi connectivity index (χ0n) is 3.56. The van der Waals surface area contributed by atoms with Crippen LogP contribution in [0.1, 0.15) is 6.92 Å². The molecule has 0 saturated heterocycles. The van der Waals surface area contributed by atoms with Gasteiger partial charge < -0.3 is 5.11 Å². The van der Waals surface area contributed by atoms with Crippen molar-refractivity contribution in [3.8, 4) is 0 Å². The average Bonchev–Trinajstić information content (AvgIpc) is 1.36. The average molecular weight is 182 g/mol. The van der Waals surface area contributed by atoms with Crippen LogP contribution in [0.15, 0.2) is 0 Å². The molecule has 1 N–H and O–H groups in total. The van der Waals surface area contributed by atoms with Crippen LogP contribution < -0.4 is 0 Å². The van der Waals surface area contributed by atoms with Gasteiger partial charge in [-0.2, -0.15) is 0 Å². The van der Waals surface area contributed by atoms with Crippen molar-refractivity contribution in [1.82, 2.24) is 0 Å². The molecule has 0 spiro atoms. The molecule has 0 bridgehead atoms. The predicted octanol–water partition coefficient (Wildman–Crippen LogP) is 1.01. The van der Waals surface area contributed by atoms with Gasteiger partial charge in [0.15, 0.2) is 0 Å². The fourth-order valence-electron chi connectivity index (χ4n) is 0. The topological polar surface area (TPSA) is 37.3 Å². The predicted molar refractivity (Wildman–Crippen MR) is 23.0 cm³/mol. The number of rotatable bonds is 0. The summed E-state index contributed by atoms with van der Waals surface area (Å²) in [6, 6.07) is 0. The second kappa shape index (κ2) is 5.07. The van der Waals surface area contributed by atoms with E-state index in [0.717, 1.165) is 17.4 Å². The zero-order chi connectivity index (χ0) is 6.50. The van der Waals surface area contributed by atoms with Crippen molar-refractivity contribution in [1.29, 1.82) is 0 Å². The van der Waals surface area contributed by atoms with Crippen molar-refractivity contribution >= 4 is 23.2 Å². The van der Waals surface area contributed by atoms with Crippen LogP contribution in [0.3, 0.4) is 0 Å². The Kier molecular flexibility index (Phi) is 7.84. The Bertz CT molecular complexity index is 37.4. The van der Waals surface area contributed by atoms with Crippen molar-refractivity contribution in [2.24, 2.45) is 0 Å². The van der Waals surface area contributed by atoms with E-state index in [0.29, 0.717) is 0 Å². The molecule has 0 fully saturated rings. The second-order valence-corrected chi connectivity index (χ2v) is 2.51. The SMILES string of the molecule is CC(O)(Cl)Cl.[O]=[V]. The molecular weight excluding hydrogens is 178 g/mol. The monoisotopic (exact) mass is 181 g/mol. The Morgan fingerprint density at radius 3 is 1.57 bits per heavy atom. The van der Waals surface area contributed by atoms with E-state index in [4.69, 9.17) is 32.0 Å². The number of aliphatic hydroxyl groups is 1. The number of hydrogen-bond acceptors (Lipinski definition) is 2. The second-order valence-electron chi connectivity index (χ2n) is 0.842. The molecule has 0 heterocycles. The first-order chi connectivity index (χ1) is 3.00. The molecule has 0 aromatic rings. The Morgan fingerprint density at radius 1 is 1.57 bits per heavy atom. The number of hydrogen-bond donors (Lipinski definition) is 1. The first-order valence-electron chi connectivity index (χ1n) is 1.28. The van der Waals surface area contributed by atoms with Crippen LogP contribution in [-0.2, 0) is 21.0 Å². The van der Waals surface area contributed by atoms with Gasteiger partial charge in [-0.25, -0.2) is 0 Å². The minimum atomic E-state index is -1.56. The number of halogens is 2. The first-order valence-corrected chi connectivity index (χ1v) is 2.61. The summed E-state index contributed by atoms with van der Waals surface area (Å²) in [5, 5.41) is 8.05. The van der Waals surface area contributed by atoms with E-state index < -0.39 is 4.52 Å². The van der Waals surface area contributed by atoms with Crippen LogP contribution in [0.2, 0.25) is 0 Å². The van der Waals surface area contributed by atoms with E-state index >= 15 is 0 Å². The van der Waals surface area contributed by atoms with Gasteiger partial charge in [0.1, 0.15) is 0 Å². The molecule has 0 aliphatic carbocycles. The van der Waals surface area contributed by atoms with E-state index in [1.807, 2.05) is 0 Å². The molecule has 0 unspecified atom stereocenters. The summed E-state index contributed by atoms with van der Waals surface area (Å²) >= 11 is 10.8. The van der Waals surface area contributed by atoms with Crippen molar-refractivity contribution in [3.63, 3.8) is 0 Å². The molecule has 0 aromatic heterocycles. The fraction of sp³-hybridized carbons (Fsp3) is 1.00. The van der Waals surface area contributed by atoms with Crippen LogP contribution in [-0.4, -0.2) is 9.63 Å². The van der Waals surface area contributed by atoms with Gasteiger partial charge in [0.05, 0.1) is 0 Å². The van der Waals surface area contributed by atoms with Gasteiger partial charge in [-0.15, -0.1) is 0 Å². The van der Waals surface area contributed by atoms with Gasteiger partial charge in [0.2, 0.25) is 4.52 Å². The van der Waals surface area contributed by atoms with E-state index in [-0.39, 0.29) is 0 Å². The molecule has 7 heavy (non-hydrogen) atoms. The molecule has 0 saturated carbocycles. The van der Waals surface area contributed by atoms with Crippen LogP contribution in [0, 0.1) is 0 Å². The summed E-state index contributed by atoms with van der Waals surface area (Å²) in [5.41, 5.74) is 0.